The van der Waals surface area contributed by atoms with E-state index < -0.39 is 37.3 Å². The Morgan fingerprint density at radius 2 is 2.00 bits per heavy atom. The SMILES string of the molecule is OC[C@H]1O[C@@H](n2cnc3c(N[C@@H]4CCC[C@H]4O)ncnc32)[C@@H](O)[C@H]1O. The molecule has 25 heavy (non-hydrogen) atoms. The molecule has 2 aromatic heterocycles. The fourth-order valence-corrected chi connectivity index (χ4v) is 3.54. The maximum atomic E-state index is 10.2. The number of aromatic nitrogens is 4. The summed E-state index contributed by atoms with van der Waals surface area (Å²) in [6, 6.07) is -0.0860. The summed E-state index contributed by atoms with van der Waals surface area (Å²) in [5, 5.41) is 42.6. The first kappa shape index (κ1) is 16.6. The lowest BCUT2D eigenvalue weighted by Gasteiger charge is -2.18. The summed E-state index contributed by atoms with van der Waals surface area (Å²) in [7, 11) is 0. The highest BCUT2D eigenvalue weighted by Crippen LogP contribution is 2.32. The topological polar surface area (TPSA) is 146 Å². The van der Waals surface area contributed by atoms with Crippen molar-refractivity contribution >= 4 is 17.0 Å². The Morgan fingerprint density at radius 3 is 2.68 bits per heavy atom. The Hall–Kier alpha value is -1.85. The van der Waals surface area contributed by atoms with Crippen LogP contribution in [0.5, 0.6) is 0 Å². The third-order valence-electron chi connectivity index (χ3n) is 4.95. The number of aliphatic hydroxyl groups excluding tert-OH is 4. The summed E-state index contributed by atoms with van der Waals surface area (Å²) in [5.74, 6) is 0.501. The molecular formula is C15H21N5O5. The van der Waals surface area contributed by atoms with Gasteiger partial charge in [-0.25, -0.2) is 15.0 Å². The van der Waals surface area contributed by atoms with Crippen molar-refractivity contribution in [3.63, 3.8) is 0 Å². The lowest BCUT2D eigenvalue weighted by atomic mass is 10.1. The summed E-state index contributed by atoms with van der Waals surface area (Å²) in [4.78, 5) is 12.7. The summed E-state index contributed by atoms with van der Waals surface area (Å²) < 4.78 is 7.04. The van der Waals surface area contributed by atoms with Crippen LogP contribution < -0.4 is 5.32 Å². The molecule has 2 aliphatic rings. The molecule has 5 N–H and O–H groups in total. The van der Waals surface area contributed by atoms with Gasteiger partial charge >= 0.3 is 0 Å². The van der Waals surface area contributed by atoms with Gasteiger partial charge in [-0.1, -0.05) is 0 Å². The highest BCUT2D eigenvalue weighted by molar-refractivity contribution is 5.82. The van der Waals surface area contributed by atoms with E-state index in [1.54, 1.807) is 0 Å². The number of hydrogen-bond donors (Lipinski definition) is 5. The first-order valence-corrected chi connectivity index (χ1v) is 8.34. The first-order chi connectivity index (χ1) is 12.1. The van der Waals surface area contributed by atoms with E-state index in [0.717, 1.165) is 19.3 Å². The maximum absolute atomic E-state index is 10.2. The molecule has 1 aliphatic heterocycles. The van der Waals surface area contributed by atoms with E-state index in [0.29, 0.717) is 17.0 Å². The van der Waals surface area contributed by atoms with E-state index in [1.165, 1.54) is 17.2 Å². The largest absolute Gasteiger partial charge is 0.394 e. The third kappa shape index (κ3) is 2.75. The van der Waals surface area contributed by atoms with E-state index in [-0.39, 0.29) is 6.04 Å². The highest BCUT2D eigenvalue weighted by atomic mass is 16.6. The van der Waals surface area contributed by atoms with Crippen LogP contribution in [-0.4, -0.2) is 77.0 Å². The molecule has 1 aliphatic carbocycles. The molecule has 2 fully saturated rings. The average Bonchev–Trinajstić information content (AvgIpc) is 3.29. The van der Waals surface area contributed by atoms with Gasteiger partial charge in [0.05, 0.1) is 25.1 Å². The molecule has 2 aromatic rings. The summed E-state index contributed by atoms with van der Waals surface area (Å²) in [5.41, 5.74) is 0.916. The van der Waals surface area contributed by atoms with Crippen LogP contribution in [0.4, 0.5) is 5.82 Å². The molecule has 136 valence electrons. The van der Waals surface area contributed by atoms with Gasteiger partial charge < -0.3 is 30.5 Å². The molecule has 4 rings (SSSR count). The zero-order valence-electron chi connectivity index (χ0n) is 13.4. The van der Waals surface area contributed by atoms with Crippen molar-refractivity contribution in [1.29, 1.82) is 0 Å². The number of imidazole rings is 1. The number of anilines is 1. The number of fused-ring (bicyclic) bond motifs is 1. The lowest BCUT2D eigenvalue weighted by Crippen LogP contribution is -2.33. The summed E-state index contributed by atoms with van der Waals surface area (Å²) in [6.07, 6.45) is 0.768. The minimum Gasteiger partial charge on any atom is -0.394 e. The van der Waals surface area contributed by atoms with Gasteiger partial charge in [-0.3, -0.25) is 4.57 Å². The van der Waals surface area contributed by atoms with Gasteiger partial charge in [0, 0.05) is 0 Å². The second-order valence-corrected chi connectivity index (χ2v) is 6.52. The van der Waals surface area contributed by atoms with E-state index in [1.807, 2.05) is 0 Å². The molecule has 10 heteroatoms. The summed E-state index contributed by atoms with van der Waals surface area (Å²) in [6.45, 7) is -0.400. The van der Waals surface area contributed by atoms with Gasteiger partial charge in [-0.2, -0.15) is 0 Å². The van der Waals surface area contributed by atoms with Crippen molar-refractivity contribution in [3.05, 3.63) is 12.7 Å². The van der Waals surface area contributed by atoms with Gasteiger partial charge in [0.15, 0.2) is 23.2 Å². The molecule has 10 nitrogen and oxygen atoms in total. The van der Waals surface area contributed by atoms with E-state index in [2.05, 4.69) is 20.3 Å². The number of ether oxygens (including phenoxy) is 1. The van der Waals surface area contributed by atoms with Crippen LogP contribution in [0.2, 0.25) is 0 Å². The molecule has 6 atom stereocenters. The maximum Gasteiger partial charge on any atom is 0.167 e. The molecule has 0 unspecified atom stereocenters. The van der Waals surface area contributed by atoms with Crippen LogP contribution in [0.3, 0.4) is 0 Å². The Kier molecular flexibility index (Phi) is 4.29. The van der Waals surface area contributed by atoms with Gasteiger partial charge in [0.25, 0.3) is 0 Å². The van der Waals surface area contributed by atoms with E-state index in [9.17, 15) is 20.4 Å². The van der Waals surface area contributed by atoms with Gasteiger partial charge in [-0.15, -0.1) is 0 Å². The van der Waals surface area contributed by atoms with Crippen molar-refractivity contribution in [2.24, 2.45) is 0 Å². The molecule has 0 aromatic carbocycles. The van der Waals surface area contributed by atoms with E-state index >= 15 is 0 Å². The zero-order valence-corrected chi connectivity index (χ0v) is 13.4. The molecule has 3 heterocycles. The Bertz CT molecular complexity index is 755. The van der Waals surface area contributed by atoms with Gasteiger partial charge in [0.2, 0.25) is 0 Å². The van der Waals surface area contributed by atoms with Crippen molar-refractivity contribution < 1.29 is 25.2 Å². The van der Waals surface area contributed by atoms with Crippen molar-refractivity contribution in [3.8, 4) is 0 Å². The van der Waals surface area contributed by atoms with Crippen LogP contribution in [0.1, 0.15) is 25.5 Å². The number of nitrogens with one attached hydrogen (secondary N) is 1. The number of hydrogen-bond acceptors (Lipinski definition) is 9. The molecule has 0 amide bonds. The summed E-state index contributed by atoms with van der Waals surface area (Å²) >= 11 is 0. The van der Waals surface area contributed by atoms with Crippen LogP contribution in [0, 0.1) is 0 Å². The number of rotatable bonds is 4. The molecule has 1 saturated carbocycles. The van der Waals surface area contributed by atoms with E-state index in [4.69, 9.17) is 4.74 Å². The minimum absolute atomic E-state index is 0.0860. The van der Waals surface area contributed by atoms with Gasteiger partial charge in [-0.05, 0) is 19.3 Å². The predicted octanol–water partition coefficient (Wildman–Crippen LogP) is -1.24. The minimum atomic E-state index is -1.21. The second-order valence-electron chi connectivity index (χ2n) is 6.52. The van der Waals surface area contributed by atoms with Gasteiger partial charge in [0.1, 0.15) is 24.6 Å². The number of nitrogens with zero attached hydrogens (tertiary/aromatic N) is 4. The molecule has 0 spiro atoms. The van der Waals surface area contributed by atoms with Crippen LogP contribution >= 0.6 is 0 Å². The third-order valence-corrected chi connectivity index (χ3v) is 4.95. The van der Waals surface area contributed by atoms with Crippen LogP contribution in [0.25, 0.3) is 11.2 Å². The predicted molar refractivity (Wildman–Crippen MR) is 85.6 cm³/mol. The smallest absolute Gasteiger partial charge is 0.167 e. The molecule has 0 bridgehead atoms. The Labute approximate surface area is 143 Å². The zero-order chi connectivity index (χ0) is 17.6. The lowest BCUT2D eigenvalue weighted by molar-refractivity contribution is -0.0511. The highest BCUT2D eigenvalue weighted by Gasteiger charge is 2.44. The van der Waals surface area contributed by atoms with Crippen LogP contribution in [-0.2, 0) is 4.74 Å². The Balaban J connectivity index is 1.65. The molecule has 0 radical (unpaired) electrons. The standard InChI is InChI=1S/C15H21N5O5/c21-4-9-11(23)12(24)15(25-9)20-6-18-10-13(16-5-17-14(10)20)19-7-2-1-3-8(7)22/h5-9,11-12,15,21-24H,1-4H2,(H,16,17,19)/t7-,8-,9-,11+,12+,15-/m1/s1. The molecule has 1 saturated heterocycles. The first-order valence-electron chi connectivity index (χ1n) is 8.34. The Morgan fingerprint density at radius 1 is 1.16 bits per heavy atom. The van der Waals surface area contributed by atoms with Crippen molar-refractivity contribution in [2.45, 2.75) is 55.9 Å². The monoisotopic (exact) mass is 351 g/mol. The van der Waals surface area contributed by atoms with Crippen molar-refractivity contribution in [2.75, 3.05) is 11.9 Å². The van der Waals surface area contributed by atoms with Crippen LogP contribution in [0.15, 0.2) is 12.7 Å². The quantitative estimate of drug-likeness (QED) is 0.456. The normalized spacial score (nSPS) is 35.5. The van der Waals surface area contributed by atoms with Crippen molar-refractivity contribution in [1.82, 2.24) is 19.5 Å². The second kappa shape index (κ2) is 6.46. The fourth-order valence-electron chi connectivity index (χ4n) is 3.54. The average molecular weight is 351 g/mol. The number of aliphatic hydroxyl groups is 4. The molecular weight excluding hydrogens is 330 g/mol. The fraction of sp³-hybridized carbons (Fsp3) is 0.667.